The minimum absolute atomic E-state index is 0.0721. The molecule has 0 spiro atoms. The molecule has 2 fully saturated rings. The second-order valence-corrected chi connectivity index (χ2v) is 9.85. The summed E-state index contributed by atoms with van der Waals surface area (Å²) in [5.74, 6) is -4.17. The van der Waals surface area contributed by atoms with Crippen LogP contribution in [-0.4, -0.2) is 64.4 Å². The molecule has 196 valence electrons. The molecule has 0 aromatic carbocycles. The van der Waals surface area contributed by atoms with E-state index in [0.717, 1.165) is 5.57 Å². The molecule has 0 aromatic heterocycles. The van der Waals surface area contributed by atoms with Crippen LogP contribution in [0.2, 0.25) is 0 Å². The lowest BCUT2D eigenvalue weighted by Crippen LogP contribution is -2.46. The number of carbonyl (C=O) groups excluding carboxylic acids is 4. The highest BCUT2D eigenvalue weighted by molar-refractivity contribution is 6.03. The van der Waals surface area contributed by atoms with Crippen molar-refractivity contribution in [3.8, 4) is 0 Å². The minimum Gasteiger partial charge on any atom is -0.458 e. The minimum atomic E-state index is -1.47. The molecule has 1 heterocycles. The molecule has 3 aliphatic rings. The average molecular weight is 503 g/mol. The van der Waals surface area contributed by atoms with Crippen LogP contribution >= 0.6 is 0 Å². The van der Waals surface area contributed by atoms with Gasteiger partial charge < -0.3 is 24.4 Å². The van der Waals surface area contributed by atoms with Crippen molar-refractivity contribution in [1.82, 2.24) is 0 Å². The van der Waals surface area contributed by atoms with Gasteiger partial charge in [-0.1, -0.05) is 24.3 Å². The molecule has 0 radical (unpaired) electrons. The number of hydrogen-bond donors (Lipinski definition) is 2. The molecule has 0 unspecified atom stereocenters. The average Bonchev–Trinajstić information content (AvgIpc) is 3.23. The van der Waals surface area contributed by atoms with Gasteiger partial charge in [0.05, 0.1) is 18.1 Å². The van der Waals surface area contributed by atoms with Crippen molar-refractivity contribution < 1.29 is 43.6 Å². The second kappa shape index (κ2) is 10.5. The Hall–Kier alpha value is -3.04. The van der Waals surface area contributed by atoms with E-state index >= 15 is 0 Å². The highest BCUT2D eigenvalue weighted by Crippen LogP contribution is 2.53. The highest BCUT2D eigenvalue weighted by atomic mass is 16.6. The van der Waals surface area contributed by atoms with E-state index in [2.05, 4.69) is 6.58 Å². The van der Waals surface area contributed by atoms with Crippen molar-refractivity contribution in [2.75, 3.05) is 6.61 Å². The van der Waals surface area contributed by atoms with Crippen molar-refractivity contribution in [2.24, 2.45) is 17.8 Å². The largest absolute Gasteiger partial charge is 0.458 e. The Kier molecular flexibility index (Phi) is 8.05. The van der Waals surface area contributed by atoms with Crippen LogP contribution in [0.4, 0.5) is 0 Å². The molecule has 0 bridgehead atoms. The van der Waals surface area contributed by atoms with Gasteiger partial charge in [-0.25, -0.2) is 9.59 Å². The molecule has 1 saturated heterocycles. The lowest BCUT2D eigenvalue weighted by Gasteiger charge is -2.37. The van der Waals surface area contributed by atoms with Gasteiger partial charge in [-0.2, -0.15) is 0 Å². The van der Waals surface area contributed by atoms with Crippen molar-refractivity contribution in [3.63, 3.8) is 0 Å². The maximum absolute atomic E-state index is 13.2. The van der Waals surface area contributed by atoms with Crippen LogP contribution < -0.4 is 0 Å². The van der Waals surface area contributed by atoms with Crippen molar-refractivity contribution >= 4 is 23.7 Å². The van der Waals surface area contributed by atoms with Gasteiger partial charge in [-0.15, -0.1) is 0 Å². The smallest absolute Gasteiger partial charge is 0.334 e. The fourth-order valence-corrected chi connectivity index (χ4v) is 5.72. The number of fused-ring (bicyclic) bond motifs is 3. The first kappa shape index (κ1) is 27.5. The molecule has 2 aliphatic carbocycles. The summed E-state index contributed by atoms with van der Waals surface area (Å²) >= 11 is 0. The molecule has 1 saturated carbocycles. The summed E-state index contributed by atoms with van der Waals surface area (Å²) in [6.45, 7) is 11.3. The van der Waals surface area contributed by atoms with Gasteiger partial charge in [-0.3, -0.25) is 9.59 Å². The quantitative estimate of drug-likeness (QED) is 0.232. The number of rotatable bonds is 7. The summed E-state index contributed by atoms with van der Waals surface area (Å²) in [5, 5.41) is 21.0. The Balaban J connectivity index is 1.94. The standard InChI is InChI=1S/C27H34O9/c1-7-16(10-18(30)17(8-2)12-28)26(32)35-20-11-27(6,33)23-19(34-15(5)29)9-13(3)21(23)24-22(20)14(4)25(31)36-24/h7-9,19-24,28,33H,4,10-12H2,1-3,5-6H3/b16-7-,17-8-/t19-,20-,21-,22+,23+,24-,27+/m0/s1. The fourth-order valence-electron chi connectivity index (χ4n) is 5.72. The molecule has 1 aliphatic heterocycles. The van der Waals surface area contributed by atoms with E-state index in [-0.39, 0.29) is 29.6 Å². The zero-order valence-corrected chi connectivity index (χ0v) is 21.3. The summed E-state index contributed by atoms with van der Waals surface area (Å²) in [5.41, 5.74) is -0.291. The van der Waals surface area contributed by atoms with Gasteiger partial charge in [0, 0.05) is 48.3 Å². The number of carbonyl (C=O) groups is 4. The van der Waals surface area contributed by atoms with E-state index in [1.165, 1.54) is 19.1 Å². The molecular weight excluding hydrogens is 468 g/mol. The van der Waals surface area contributed by atoms with Crippen molar-refractivity contribution in [1.29, 1.82) is 0 Å². The molecule has 2 N–H and O–H groups in total. The van der Waals surface area contributed by atoms with E-state index in [0.29, 0.717) is 0 Å². The third kappa shape index (κ3) is 5.08. The van der Waals surface area contributed by atoms with Crippen LogP contribution in [0.15, 0.2) is 47.1 Å². The highest BCUT2D eigenvalue weighted by Gasteiger charge is 2.61. The monoisotopic (exact) mass is 502 g/mol. The van der Waals surface area contributed by atoms with Gasteiger partial charge in [0.1, 0.15) is 18.3 Å². The van der Waals surface area contributed by atoms with Gasteiger partial charge >= 0.3 is 17.9 Å². The Bertz CT molecular complexity index is 1060. The molecule has 7 atom stereocenters. The van der Waals surface area contributed by atoms with Gasteiger partial charge in [0.15, 0.2) is 5.78 Å². The maximum atomic E-state index is 13.2. The number of ether oxygens (including phenoxy) is 3. The van der Waals surface area contributed by atoms with Gasteiger partial charge in [-0.05, 0) is 33.8 Å². The summed E-state index contributed by atoms with van der Waals surface area (Å²) < 4.78 is 17.0. The van der Waals surface area contributed by atoms with Crippen molar-refractivity contribution in [3.05, 3.63) is 47.1 Å². The predicted octanol–water partition coefficient (Wildman–Crippen LogP) is 2.12. The third-order valence-electron chi connectivity index (χ3n) is 7.44. The first-order valence-electron chi connectivity index (χ1n) is 12.0. The van der Waals surface area contributed by atoms with Crippen LogP contribution in [-0.2, 0) is 33.4 Å². The predicted molar refractivity (Wildman–Crippen MR) is 128 cm³/mol. The lowest BCUT2D eigenvalue weighted by atomic mass is 9.75. The lowest BCUT2D eigenvalue weighted by molar-refractivity contribution is -0.157. The summed E-state index contributed by atoms with van der Waals surface area (Å²) in [6, 6.07) is 0. The summed E-state index contributed by atoms with van der Waals surface area (Å²) in [4.78, 5) is 49.9. The number of esters is 3. The molecule has 0 aromatic rings. The van der Waals surface area contributed by atoms with Crippen LogP contribution in [0.3, 0.4) is 0 Å². The SMILES string of the molecule is C=C1C(=O)O[C@H]2[C@H]3C(C)=C[C@H](OC(C)=O)[C@H]3[C@](C)(O)C[C@H](OC(=O)/C(=C\C)CC(=O)/C(=C\C)CO)[C@@H]12. The van der Waals surface area contributed by atoms with Gasteiger partial charge in [0.2, 0.25) is 0 Å². The van der Waals surface area contributed by atoms with Gasteiger partial charge in [0.25, 0.3) is 0 Å². The van der Waals surface area contributed by atoms with E-state index in [9.17, 15) is 29.4 Å². The summed E-state index contributed by atoms with van der Waals surface area (Å²) in [6.07, 6.45) is 1.84. The molecule has 9 heteroatoms. The number of ketones is 1. The molecule has 3 rings (SSSR count). The Morgan fingerprint density at radius 2 is 1.83 bits per heavy atom. The number of Topliss-reactive ketones (excluding diaryl/α,β-unsaturated/α-hetero) is 1. The number of aliphatic hydroxyl groups excluding tert-OH is 1. The molecule has 9 nitrogen and oxygen atoms in total. The first-order valence-corrected chi connectivity index (χ1v) is 12.0. The third-order valence-corrected chi connectivity index (χ3v) is 7.44. The normalized spacial score (nSPS) is 34.2. The molecular formula is C27H34O9. The Labute approximate surface area is 210 Å². The second-order valence-electron chi connectivity index (χ2n) is 9.85. The van der Waals surface area contributed by atoms with E-state index in [4.69, 9.17) is 14.2 Å². The number of aliphatic hydroxyl groups is 2. The van der Waals surface area contributed by atoms with Crippen molar-refractivity contribution in [2.45, 2.75) is 71.4 Å². The van der Waals surface area contributed by atoms with Crippen LogP contribution in [0, 0.1) is 17.8 Å². The van der Waals surface area contributed by atoms with Crippen LogP contribution in [0.1, 0.15) is 47.5 Å². The van der Waals surface area contributed by atoms with E-state index in [1.54, 1.807) is 26.8 Å². The van der Waals surface area contributed by atoms with Crippen LogP contribution in [0.5, 0.6) is 0 Å². The Morgan fingerprint density at radius 3 is 2.39 bits per heavy atom. The topological polar surface area (TPSA) is 136 Å². The van der Waals surface area contributed by atoms with E-state index < -0.39 is 72.0 Å². The van der Waals surface area contributed by atoms with Crippen LogP contribution in [0.25, 0.3) is 0 Å². The molecule has 36 heavy (non-hydrogen) atoms. The first-order chi connectivity index (χ1) is 16.9. The fraction of sp³-hybridized carbons (Fsp3) is 0.556. The number of hydrogen-bond acceptors (Lipinski definition) is 9. The van der Waals surface area contributed by atoms with E-state index in [1.807, 2.05) is 6.92 Å². The summed E-state index contributed by atoms with van der Waals surface area (Å²) in [7, 11) is 0. The zero-order valence-electron chi connectivity index (χ0n) is 21.3. The zero-order chi connectivity index (χ0) is 26.9. The molecule has 0 amide bonds. The number of allylic oxidation sites excluding steroid dienone is 2. The Morgan fingerprint density at radius 1 is 1.19 bits per heavy atom. The maximum Gasteiger partial charge on any atom is 0.334 e.